The molecule has 0 fully saturated rings. The number of pyridine rings is 1. The molecule has 3 aromatic carbocycles. The number of nitrogens with zero attached hydrogens (tertiary/aromatic N) is 4. The zero-order valence-corrected chi connectivity index (χ0v) is 20.3. The predicted octanol–water partition coefficient (Wildman–Crippen LogP) is 6.33. The van der Waals surface area contributed by atoms with Crippen LogP contribution in [0.5, 0.6) is 23.0 Å². The third-order valence-electron chi connectivity index (χ3n) is 6.48. The van der Waals surface area contributed by atoms with Gasteiger partial charge in [-0.3, -0.25) is 4.98 Å². The van der Waals surface area contributed by atoms with Gasteiger partial charge < -0.3 is 19.1 Å². The first-order valence-corrected chi connectivity index (χ1v) is 11.8. The minimum atomic E-state index is -0.512. The molecule has 3 heterocycles. The molecule has 0 radical (unpaired) electrons. The summed E-state index contributed by atoms with van der Waals surface area (Å²) in [5.41, 5.74) is 4.19. The lowest BCUT2D eigenvalue weighted by atomic mass is 10.1. The van der Waals surface area contributed by atoms with Gasteiger partial charge in [-0.15, -0.1) is 10.2 Å². The van der Waals surface area contributed by atoms with Crippen molar-refractivity contribution in [3.63, 3.8) is 0 Å². The van der Waals surface area contributed by atoms with Crippen LogP contribution in [-0.4, -0.2) is 35.9 Å². The standard InChI is InChI=1S/C29H23FN4O3/c1-35-26-11-8-20-24(13-15-31-28(20)29(26)36-2)37-25-10-7-19(17-21(25)30)22-9-12-27(33-32-22)34-16-14-18-5-3-4-6-23(18)34/h3-13,15,17H,14,16H2,1-2H3. The second-order valence-electron chi connectivity index (χ2n) is 8.56. The highest BCUT2D eigenvalue weighted by Crippen LogP contribution is 2.39. The Bertz CT molecular complexity index is 1610. The molecule has 6 rings (SSSR count). The molecular formula is C29H23FN4O3. The largest absolute Gasteiger partial charge is 0.493 e. The molecular weight excluding hydrogens is 471 g/mol. The van der Waals surface area contributed by atoms with Gasteiger partial charge in [-0.1, -0.05) is 18.2 Å². The van der Waals surface area contributed by atoms with Crippen molar-refractivity contribution in [1.82, 2.24) is 15.2 Å². The number of halogens is 1. The van der Waals surface area contributed by atoms with Gasteiger partial charge in [0.25, 0.3) is 0 Å². The molecule has 0 atom stereocenters. The van der Waals surface area contributed by atoms with Crippen LogP contribution in [0, 0.1) is 5.82 Å². The molecule has 2 aromatic heterocycles. The topological polar surface area (TPSA) is 69.6 Å². The number of aromatic nitrogens is 3. The van der Waals surface area contributed by atoms with Crippen molar-refractivity contribution in [2.75, 3.05) is 25.7 Å². The van der Waals surface area contributed by atoms with E-state index in [2.05, 4.69) is 32.2 Å². The fourth-order valence-electron chi connectivity index (χ4n) is 4.66. The third kappa shape index (κ3) is 4.06. The Balaban J connectivity index is 1.26. The number of para-hydroxylation sites is 1. The smallest absolute Gasteiger partial charge is 0.187 e. The Labute approximate surface area is 213 Å². The fourth-order valence-corrected chi connectivity index (χ4v) is 4.66. The molecule has 1 aliphatic heterocycles. The van der Waals surface area contributed by atoms with Crippen LogP contribution in [0.15, 0.2) is 79.0 Å². The third-order valence-corrected chi connectivity index (χ3v) is 6.48. The van der Waals surface area contributed by atoms with Crippen molar-refractivity contribution in [3.8, 4) is 34.3 Å². The minimum Gasteiger partial charge on any atom is -0.493 e. The van der Waals surface area contributed by atoms with E-state index in [1.165, 1.54) is 11.6 Å². The SMILES string of the molecule is COc1ccc2c(Oc3ccc(-c4ccc(N5CCc6ccccc65)nn4)cc3F)ccnc2c1OC. The number of benzene rings is 3. The summed E-state index contributed by atoms with van der Waals surface area (Å²) in [6, 6.07) is 22.1. The Hall–Kier alpha value is -4.72. The fraction of sp³-hybridized carbons (Fsp3) is 0.138. The van der Waals surface area contributed by atoms with Gasteiger partial charge >= 0.3 is 0 Å². The maximum atomic E-state index is 15.1. The summed E-state index contributed by atoms with van der Waals surface area (Å²) >= 11 is 0. The number of rotatable bonds is 6. The lowest BCUT2D eigenvalue weighted by molar-refractivity contribution is 0.358. The van der Waals surface area contributed by atoms with Gasteiger partial charge in [-0.2, -0.15) is 0 Å². The first-order chi connectivity index (χ1) is 18.2. The van der Waals surface area contributed by atoms with Crippen molar-refractivity contribution in [3.05, 3.63) is 90.4 Å². The number of ether oxygens (including phenoxy) is 3. The average molecular weight is 495 g/mol. The van der Waals surface area contributed by atoms with Gasteiger partial charge in [0.15, 0.2) is 28.9 Å². The average Bonchev–Trinajstić information content (AvgIpc) is 3.38. The van der Waals surface area contributed by atoms with E-state index < -0.39 is 5.82 Å². The first-order valence-electron chi connectivity index (χ1n) is 11.8. The monoisotopic (exact) mass is 494 g/mol. The Morgan fingerprint density at radius 1 is 0.838 bits per heavy atom. The van der Waals surface area contributed by atoms with Gasteiger partial charge in [-0.25, -0.2) is 4.39 Å². The van der Waals surface area contributed by atoms with Crippen molar-refractivity contribution in [2.45, 2.75) is 6.42 Å². The molecule has 8 heteroatoms. The van der Waals surface area contributed by atoms with E-state index in [1.54, 1.807) is 50.7 Å². The Morgan fingerprint density at radius 2 is 1.70 bits per heavy atom. The van der Waals surface area contributed by atoms with E-state index in [1.807, 2.05) is 24.3 Å². The van der Waals surface area contributed by atoms with Crippen LogP contribution in [-0.2, 0) is 6.42 Å². The molecule has 1 aliphatic rings. The molecule has 37 heavy (non-hydrogen) atoms. The molecule has 0 aliphatic carbocycles. The van der Waals surface area contributed by atoms with Crippen LogP contribution in [0.25, 0.3) is 22.2 Å². The molecule has 0 N–H and O–H groups in total. The van der Waals surface area contributed by atoms with E-state index in [0.29, 0.717) is 39.4 Å². The number of fused-ring (bicyclic) bond motifs is 2. The molecule has 0 amide bonds. The summed E-state index contributed by atoms with van der Waals surface area (Å²) in [6.45, 7) is 0.858. The molecule has 0 spiro atoms. The second-order valence-corrected chi connectivity index (χ2v) is 8.56. The summed E-state index contributed by atoms with van der Waals surface area (Å²) in [6.07, 6.45) is 2.56. The van der Waals surface area contributed by atoms with E-state index >= 15 is 4.39 Å². The molecule has 184 valence electrons. The lowest BCUT2D eigenvalue weighted by Gasteiger charge is -2.17. The van der Waals surface area contributed by atoms with Crippen LogP contribution < -0.4 is 19.1 Å². The van der Waals surface area contributed by atoms with Gasteiger partial charge in [0.1, 0.15) is 11.3 Å². The van der Waals surface area contributed by atoms with Gasteiger partial charge in [0.2, 0.25) is 0 Å². The minimum absolute atomic E-state index is 0.0873. The summed E-state index contributed by atoms with van der Waals surface area (Å²) < 4.78 is 31.9. The van der Waals surface area contributed by atoms with Crippen molar-refractivity contribution in [2.24, 2.45) is 0 Å². The lowest BCUT2D eigenvalue weighted by Crippen LogP contribution is -2.15. The highest BCUT2D eigenvalue weighted by molar-refractivity contribution is 5.92. The Morgan fingerprint density at radius 3 is 2.49 bits per heavy atom. The van der Waals surface area contributed by atoms with E-state index in [4.69, 9.17) is 14.2 Å². The maximum Gasteiger partial charge on any atom is 0.187 e. The number of hydrogen-bond donors (Lipinski definition) is 0. The Kier molecular flexibility index (Phi) is 5.76. The molecule has 0 unspecified atom stereocenters. The quantitative estimate of drug-likeness (QED) is 0.273. The van der Waals surface area contributed by atoms with Crippen LogP contribution >= 0.6 is 0 Å². The molecule has 0 saturated heterocycles. The first kappa shape index (κ1) is 22.7. The second kappa shape index (κ2) is 9.39. The van der Waals surface area contributed by atoms with E-state index in [-0.39, 0.29) is 5.75 Å². The summed E-state index contributed by atoms with van der Waals surface area (Å²) in [4.78, 5) is 6.54. The molecule has 0 bridgehead atoms. The van der Waals surface area contributed by atoms with Crippen molar-refractivity contribution in [1.29, 1.82) is 0 Å². The van der Waals surface area contributed by atoms with Crippen molar-refractivity contribution >= 4 is 22.4 Å². The molecule has 5 aromatic rings. The van der Waals surface area contributed by atoms with E-state index in [9.17, 15) is 0 Å². The predicted molar refractivity (Wildman–Crippen MR) is 139 cm³/mol. The van der Waals surface area contributed by atoms with Crippen LogP contribution in [0.1, 0.15) is 5.56 Å². The zero-order chi connectivity index (χ0) is 25.4. The number of methoxy groups -OCH3 is 2. The normalized spacial score (nSPS) is 12.5. The van der Waals surface area contributed by atoms with Crippen LogP contribution in [0.2, 0.25) is 0 Å². The maximum absolute atomic E-state index is 15.1. The van der Waals surface area contributed by atoms with Crippen LogP contribution in [0.3, 0.4) is 0 Å². The molecule has 7 nitrogen and oxygen atoms in total. The highest BCUT2D eigenvalue weighted by atomic mass is 19.1. The van der Waals surface area contributed by atoms with Gasteiger partial charge in [0, 0.05) is 29.4 Å². The summed E-state index contributed by atoms with van der Waals surface area (Å²) in [5.74, 6) is 1.84. The highest BCUT2D eigenvalue weighted by Gasteiger charge is 2.21. The summed E-state index contributed by atoms with van der Waals surface area (Å²) in [5, 5.41) is 9.45. The van der Waals surface area contributed by atoms with E-state index in [0.717, 1.165) is 24.5 Å². The van der Waals surface area contributed by atoms with Crippen LogP contribution in [0.4, 0.5) is 15.9 Å². The van der Waals surface area contributed by atoms with Gasteiger partial charge in [0.05, 0.1) is 19.9 Å². The van der Waals surface area contributed by atoms with Gasteiger partial charge in [-0.05, 0) is 66.6 Å². The molecule has 0 saturated carbocycles. The van der Waals surface area contributed by atoms with Crippen molar-refractivity contribution < 1.29 is 18.6 Å². The number of anilines is 2. The zero-order valence-electron chi connectivity index (χ0n) is 20.3. The summed E-state index contributed by atoms with van der Waals surface area (Å²) in [7, 11) is 3.11. The number of hydrogen-bond acceptors (Lipinski definition) is 7.